The summed E-state index contributed by atoms with van der Waals surface area (Å²) in [5.41, 5.74) is 0. The highest BCUT2D eigenvalue weighted by molar-refractivity contribution is 5.76. The number of nitrogens with one attached hydrogen (secondary N) is 1. The number of rotatable bonds is 40. The highest BCUT2D eigenvalue weighted by atomic mass is 16.7. The summed E-state index contributed by atoms with van der Waals surface area (Å²) >= 11 is 0. The summed E-state index contributed by atoms with van der Waals surface area (Å²) in [5.74, 6) is -0.237. The van der Waals surface area contributed by atoms with Crippen molar-refractivity contribution in [2.75, 3.05) is 19.8 Å². The third kappa shape index (κ3) is 24.7. The van der Waals surface area contributed by atoms with Crippen molar-refractivity contribution < 1.29 is 64.6 Å². The molecule has 0 aromatic rings. The molecule has 0 saturated carbocycles. The zero-order valence-corrected chi connectivity index (χ0v) is 40.0. The van der Waals surface area contributed by atoms with Gasteiger partial charge in [0.1, 0.15) is 48.8 Å². The van der Waals surface area contributed by atoms with Gasteiger partial charge in [0.2, 0.25) is 5.91 Å². The molecule has 1 amide bonds. The molecule has 0 bridgehead atoms. The van der Waals surface area contributed by atoms with Crippen molar-refractivity contribution in [3.63, 3.8) is 0 Å². The van der Waals surface area contributed by atoms with Crippen LogP contribution in [0.15, 0.2) is 12.2 Å². The normalized spacial score (nSPS) is 27.3. The van der Waals surface area contributed by atoms with Crippen LogP contribution in [0.1, 0.15) is 206 Å². The molecule has 14 heteroatoms. The first kappa shape index (κ1) is 58.9. The maximum absolute atomic E-state index is 13.2. The molecule has 2 unspecified atom stereocenters. The van der Waals surface area contributed by atoms with Crippen molar-refractivity contribution in [1.82, 2.24) is 5.32 Å². The van der Waals surface area contributed by atoms with Gasteiger partial charge in [-0.1, -0.05) is 193 Å². The molecule has 0 aliphatic carbocycles. The van der Waals surface area contributed by atoms with Gasteiger partial charge >= 0.3 is 0 Å². The standard InChI is InChI=1S/C50H95NO13/c1-3-5-7-9-11-13-15-17-18-19-20-22-24-26-28-30-32-34-42(55)51-38(39(54)33-31-29-27-25-23-21-16-14-12-10-8-6-4-2)37-61-49-47(60)45(58)48(41(36-53)63-49)64-50-46(59)44(57)43(56)40(35-52)62-50/h31,33,38-41,43-50,52-54,56-60H,3-30,32,34-37H2,1-2H3,(H,51,55)/t38?,39?,40-,41-,43+,44+,45-,46-,47-,48+,49-,50-/m1/s1. The molecule has 12 atom stereocenters. The van der Waals surface area contributed by atoms with Crippen molar-refractivity contribution >= 4 is 5.91 Å². The van der Waals surface area contributed by atoms with E-state index < -0.39 is 86.8 Å². The summed E-state index contributed by atoms with van der Waals surface area (Å²) in [4.78, 5) is 13.2. The molecule has 2 fully saturated rings. The van der Waals surface area contributed by atoms with E-state index in [-0.39, 0.29) is 18.9 Å². The van der Waals surface area contributed by atoms with E-state index >= 15 is 0 Å². The van der Waals surface area contributed by atoms with Crippen LogP contribution in [0, 0.1) is 0 Å². The highest BCUT2D eigenvalue weighted by Crippen LogP contribution is 2.30. The number of carbonyl (C=O) groups excluding carboxylic acids is 1. The Morgan fingerprint density at radius 2 is 0.969 bits per heavy atom. The molecule has 0 radical (unpaired) electrons. The number of hydrogen-bond donors (Lipinski definition) is 9. The van der Waals surface area contributed by atoms with Gasteiger partial charge in [-0.05, 0) is 19.3 Å². The summed E-state index contributed by atoms with van der Waals surface area (Å²) in [6.45, 7) is 2.79. The van der Waals surface area contributed by atoms with Crippen molar-refractivity contribution in [3.8, 4) is 0 Å². The van der Waals surface area contributed by atoms with Gasteiger partial charge in [0.15, 0.2) is 12.6 Å². The fourth-order valence-corrected chi connectivity index (χ4v) is 8.70. The van der Waals surface area contributed by atoms with E-state index in [2.05, 4.69) is 19.2 Å². The summed E-state index contributed by atoms with van der Waals surface area (Å²) in [7, 11) is 0. The zero-order valence-electron chi connectivity index (χ0n) is 40.0. The largest absolute Gasteiger partial charge is 0.394 e. The lowest BCUT2D eigenvalue weighted by atomic mass is 9.97. The Bertz CT molecular complexity index is 1130. The van der Waals surface area contributed by atoms with Crippen LogP contribution in [0.5, 0.6) is 0 Å². The molecule has 2 aliphatic heterocycles. The molecule has 0 aromatic carbocycles. The molecular weight excluding hydrogens is 823 g/mol. The van der Waals surface area contributed by atoms with E-state index in [4.69, 9.17) is 18.9 Å². The minimum absolute atomic E-state index is 0.237. The Balaban J connectivity index is 1.83. The van der Waals surface area contributed by atoms with Crippen LogP contribution in [0.2, 0.25) is 0 Å². The van der Waals surface area contributed by atoms with Gasteiger partial charge in [-0.25, -0.2) is 0 Å². The lowest BCUT2D eigenvalue weighted by molar-refractivity contribution is -0.359. The quantitative estimate of drug-likeness (QED) is 0.0229. The first-order valence-electron chi connectivity index (χ1n) is 25.9. The van der Waals surface area contributed by atoms with E-state index in [0.29, 0.717) is 6.42 Å². The van der Waals surface area contributed by atoms with Gasteiger partial charge in [-0.3, -0.25) is 4.79 Å². The second kappa shape index (κ2) is 37.7. The Hall–Kier alpha value is -1.27. The van der Waals surface area contributed by atoms with Gasteiger partial charge in [0.25, 0.3) is 0 Å². The Kier molecular flexibility index (Phi) is 34.7. The van der Waals surface area contributed by atoms with Crippen LogP contribution in [0.3, 0.4) is 0 Å². The van der Waals surface area contributed by atoms with Crippen LogP contribution in [-0.2, 0) is 23.7 Å². The molecule has 2 aliphatic rings. The third-order valence-electron chi connectivity index (χ3n) is 13.0. The molecular formula is C50H95NO13. The molecule has 2 heterocycles. The van der Waals surface area contributed by atoms with Crippen LogP contribution in [0.4, 0.5) is 0 Å². The smallest absolute Gasteiger partial charge is 0.220 e. The number of aliphatic hydroxyl groups is 8. The zero-order chi connectivity index (χ0) is 46.8. The molecule has 378 valence electrons. The lowest BCUT2D eigenvalue weighted by Gasteiger charge is -2.46. The summed E-state index contributed by atoms with van der Waals surface area (Å²) in [5, 5.41) is 86.7. The molecule has 2 rings (SSSR count). The Morgan fingerprint density at radius 1 is 0.547 bits per heavy atom. The highest BCUT2D eigenvalue weighted by Gasteiger charge is 2.51. The summed E-state index contributed by atoms with van der Waals surface area (Å²) in [6.07, 6.45) is 22.5. The average Bonchev–Trinajstić information content (AvgIpc) is 3.29. The fraction of sp³-hybridized carbons (Fsp3) is 0.940. The van der Waals surface area contributed by atoms with E-state index in [0.717, 1.165) is 38.5 Å². The lowest BCUT2D eigenvalue weighted by Crippen LogP contribution is -2.65. The fourth-order valence-electron chi connectivity index (χ4n) is 8.70. The van der Waals surface area contributed by atoms with Gasteiger partial charge in [-0.2, -0.15) is 0 Å². The number of unbranched alkanes of at least 4 members (excludes halogenated alkanes) is 27. The molecule has 64 heavy (non-hydrogen) atoms. The predicted molar refractivity (Wildman–Crippen MR) is 249 cm³/mol. The number of ether oxygens (including phenoxy) is 4. The molecule has 0 aromatic heterocycles. The number of hydrogen-bond acceptors (Lipinski definition) is 13. The van der Waals surface area contributed by atoms with Crippen molar-refractivity contribution in [2.45, 2.75) is 280 Å². The first-order chi connectivity index (χ1) is 31.1. The van der Waals surface area contributed by atoms with Crippen molar-refractivity contribution in [1.29, 1.82) is 0 Å². The molecule has 2 saturated heterocycles. The van der Waals surface area contributed by atoms with E-state index in [9.17, 15) is 45.6 Å². The van der Waals surface area contributed by atoms with Crippen LogP contribution < -0.4 is 5.32 Å². The maximum atomic E-state index is 13.2. The molecule has 14 nitrogen and oxygen atoms in total. The minimum atomic E-state index is -1.78. The second-order valence-corrected chi connectivity index (χ2v) is 18.7. The number of amides is 1. The maximum Gasteiger partial charge on any atom is 0.220 e. The van der Waals surface area contributed by atoms with Crippen LogP contribution >= 0.6 is 0 Å². The summed E-state index contributed by atoms with van der Waals surface area (Å²) < 4.78 is 22.7. The first-order valence-corrected chi connectivity index (χ1v) is 25.9. The molecule has 0 spiro atoms. The average molecular weight is 918 g/mol. The molecule has 9 N–H and O–H groups in total. The van der Waals surface area contributed by atoms with Gasteiger partial charge < -0.3 is 65.1 Å². The van der Waals surface area contributed by atoms with E-state index in [1.54, 1.807) is 6.08 Å². The van der Waals surface area contributed by atoms with Crippen LogP contribution in [0.25, 0.3) is 0 Å². The Morgan fingerprint density at radius 3 is 1.44 bits per heavy atom. The topological polar surface area (TPSA) is 228 Å². The van der Waals surface area contributed by atoms with E-state index in [1.165, 1.54) is 141 Å². The number of allylic oxidation sites excluding steroid dienone is 1. The van der Waals surface area contributed by atoms with Gasteiger partial charge in [0.05, 0.1) is 32.0 Å². The van der Waals surface area contributed by atoms with Crippen LogP contribution in [-0.4, -0.2) is 140 Å². The monoisotopic (exact) mass is 918 g/mol. The Labute approximate surface area is 386 Å². The second-order valence-electron chi connectivity index (χ2n) is 18.7. The minimum Gasteiger partial charge on any atom is -0.394 e. The van der Waals surface area contributed by atoms with Crippen molar-refractivity contribution in [3.05, 3.63) is 12.2 Å². The number of carbonyl (C=O) groups is 1. The van der Waals surface area contributed by atoms with Crippen molar-refractivity contribution in [2.24, 2.45) is 0 Å². The number of aliphatic hydroxyl groups excluding tert-OH is 8. The van der Waals surface area contributed by atoms with Gasteiger partial charge in [0, 0.05) is 6.42 Å². The summed E-state index contributed by atoms with van der Waals surface area (Å²) in [6, 6.07) is -0.907. The van der Waals surface area contributed by atoms with E-state index in [1.807, 2.05) is 6.08 Å². The van der Waals surface area contributed by atoms with Gasteiger partial charge in [-0.15, -0.1) is 0 Å². The SMILES string of the molecule is CCCCCCCCCCCCCC=CC(O)C(CO[C@@H]1O[C@H](CO)[C@H](O[C@H]2O[C@H](CO)[C@H](O)[C@H](O)[C@H]2O)[C@H](O)[C@H]1O)NC(=O)CCCCCCCCCCCCCCCCCCC. The third-order valence-corrected chi connectivity index (χ3v) is 13.0. The predicted octanol–water partition coefficient (Wildman–Crippen LogP) is 6.77.